The van der Waals surface area contributed by atoms with Crippen LogP contribution in [-0.4, -0.2) is 13.2 Å². The van der Waals surface area contributed by atoms with Crippen LogP contribution in [0.4, 0.5) is 4.39 Å². The van der Waals surface area contributed by atoms with Crippen molar-refractivity contribution in [3.05, 3.63) is 57.8 Å². The third-order valence-electron chi connectivity index (χ3n) is 4.82. The van der Waals surface area contributed by atoms with Gasteiger partial charge >= 0.3 is 0 Å². The monoisotopic (exact) mass is 421 g/mol. The van der Waals surface area contributed by atoms with Crippen molar-refractivity contribution in [1.29, 1.82) is 0 Å². The SMILES string of the molecule is COc1cc(CNC2CCCCC2)cc(Br)c1OCc1ccccc1F. The quantitative estimate of drug-likeness (QED) is 0.630. The van der Waals surface area contributed by atoms with Gasteiger partial charge < -0.3 is 14.8 Å². The van der Waals surface area contributed by atoms with E-state index in [1.165, 1.54) is 38.2 Å². The minimum absolute atomic E-state index is 0.154. The molecule has 2 aromatic rings. The molecule has 0 atom stereocenters. The van der Waals surface area contributed by atoms with Crippen LogP contribution in [0.5, 0.6) is 11.5 Å². The lowest BCUT2D eigenvalue weighted by Crippen LogP contribution is -2.30. The van der Waals surface area contributed by atoms with E-state index in [-0.39, 0.29) is 12.4 Å². The molecule has 1 aliphatic rings. The average Bonchev–Trinajstić information content (AvgIpc) is 2.67. The molecule has 3 rings (SSSR count). The molecule has 1 saturated carbocycles. The van der Waals surface area contributed by atoms with E-state index in [0.717, 1.165) is 16.6 Å². The lowest BCUT2D eigenvalue weighted by atomic mass is 9.95. The second-order valence-electron chi connectivity index (χ2n) is 6.70. The molecular formula is C21H25BrFNO2. The summed E-state index contributed by atoms with van der Waals surface area (Å²) in [6.45, 7) is 0.953. The summed E-state index contributed by atoms with van der Waals surface area (Å²) in [5.41, 5.74) is 1.65. The zero-order valence-corrected chi connectivity index (χ0v) is 16.6. The highest BCUT2D eigenvalue weighted by Gasteiger charge is 2.15. The third kappa shape index (κ3) is 4.98. The summed E-state index contributed by atoms with van der Waals surface area (Å²) in [6, 6.07) is 11.2. The molecule has 1 N–H and O–H groups in total. The van der Waals surface area contributed by atoms with E-state index >= 15 is 0 Å². The van der Waals surface area contributed by atoms with Gasteiger partial charge in [-0.1, -0.05) is 37.5 Å². The minimum atomic E-state index is -0.268. The lowest BCUT2D eigenvalue weighted by molar-refractivity contribution is 0.277. The number of ether oxygens (including phenoxy) is 2. The summed E-state index contributed by atoms with van der Waals surface area (Å²) in [4.78, 5) is 0. The van der Waals surface area contributed by atoms with Gasteiger partial charge in [-0.15, -0.1) is 0 Å². The van der Waals surface area contributed by atoms with E-state index in [1.54, 1.807) is 25.3 Å². The summed E-state index contributed by atoms with van der Waals surface area (Å²) >= 11 is 3.57. The fourth-order valence-corrected chi connectivity index (χ4v) is 3.95. The summed E-state index contributed by atoms with van der Waals surface area (Å²) in [6.07, 6.45) is 6.48. The van der Waals surface area contributed by atoms with Gasteiger partial charge in [0, 0.05) is 18.2 Å². The Hall–Kier alpha value is -1.59. The molecule has 0 saturated heterocycles. The Morgan fingerprint density at radius 2 is 1.92 bits per heavy atom. The van der Waals surface area contributed by atoms with Crippen molar-refractivity contribution in [2.75, 3.05) is 7.11 Å². The van der Waals surface area contributed by atoms with Gasteiger partial charge in [0.25, 0.3) is 0 Å². The molecule has 5 heteroatoms. The maximum absolute atomic E-state index is 13.8. The van der Waals surface area contributed by atoms with Crippen molar-refractivity contribution in [1.82, 2.24) is 5.32 Å². The van der Waals surface area contributed by atoms with Gasteiger partial charge in [-0.05, 0) is 52.5 Å². The number of nitrogens with one attached hydrogen (secondary N) is 1. The minimum Gasteiger partial charge on any atom is -0.493 e. The van der Waals surface area contributed by atoms with Crippen molar-refractivity contribution in [3.63, 3.8) is 0 Å². The van der Waals surface area contributed by atoms with Crippen LogP contribution in [0.15, 0.2) is 40.9 Å². The van der Waals surface area contributed by atoms with Gasteiger partial charge in [0.1, 0.15) is 12.4 Å². The highest BCUT2D eigenvalue weighted by molar-refractivity contribution is 9.10. The third-order valence-corrected chi connectivity index (χ3v) is 5.41. The highest BCUT2D eigenvalue weighted by atomic mass is 79.9. The summed E-state index contributed by atoms with van der Waals surface area (Å²) in [5.74, 6) is 0.976. The molecule has 3 nitrogen and oxygen atoms in total. The molecule has 1 fully saturated rings. The highest BCUT2D eigenvalue weighted by Crippen LogP contribution is 2.37. The Bertz CT molecular complexity index is 732. The van der Waals surface area contributed by atoms with E-state index in [2.05, 4.69) is 21.2 Å². The topological polar surface area (TPSA) is 30.5 Å². The maximum atomic E-state index is 13.8. The molecule has 0 amide bonds. The van der Waals surface area contributed by atoms with Crippen molar-refractivity contribution >= 4 is 15.9 Å². The summed E-state index contributed by atoms with van der Waals surface area (Å²) in [5, 5.41) is 3.63. The molecule has 0 heterocycles. The van der Waals surface area contributed by atoms with Crippen molar-refractivity contribution in [3.8, 4) is 11.5 Å². The van der Waals surface area contributed by atoms with Crippen LogP contribution in [-0.2, 0) is 13.2 Å². The molecule has 0 unspecified atom stereocenters. The largest absolute Gasteiger partial charge is 0.493 e. The molecule has 140 valence electrons. The van der Waals surface area contributed by atoms with Gasteiger partial charge in [0.05, 0.1) is 11.6 Å². The Labute approximate surface area is 163 Å². The van der Waals surface area contributed by atoms with E-state index in [4.69, 9.17) is 9.47 Å². The predicted octanol–water partition coefficient (Wildman–Crippen LogP) is 5.60. The van der Waals surface area contributed by atoms with Crippen LogP contribution in [0, 0.1) is 5.82 Å². The number of hydrogen-bond acceptors (Lipinski definition) is 3. The van der Waals surface area contributed by atoms with Crippen molar-refractivity contribution < 1.29 is 13.9 Å². The van der Waals surface area contributed by atoms with Crippen LogP contribution >= 0.6 is 15.9 Å². The lowest BCUT2D eigenvalue weighted by Gasteiger charge is -2.23. The van der Waals surface area contributed by atoms with Crippen LogP contribution < -0.4 is 14.8 Å². The standard InChI is InChI=1S/C21H25BrFNO2/c1-25-20-12-15(13-24-17-8-3-2-4-9-17)11-18(22)21(20)26-14-16-7-5-6-10-19(16)23/h5-7,10-12,17,24H,2-4,8-9,13-14H2,1H3. The van der Waals surface area contributed by atoms with E-state index < -0.39 is 0 Å². The van der Waals surface area contributed by atoms with Crippen LogP contribution in [0.2, 0.25) is 0 Å². The first-order valence-corrected chi connectivity index (χ1v) is 9.92. The predicted molar refractivity (Wildman–Crippen MR) is 105 cm³/mol. The first-order chi connectivity index (χ1) is 12.7. The number of hydrogen-bond donors (Lipinski definition) is 1. The number of benzene rings is 2. The molecule has 0 bridgehead atoms. The molecule has 0 aromatic heterocycles. The van der Waals surface area contributed by atoms with Crippen molar-refractivity contribution in [2.45, 2.75) is 51.3 Å². The van der Waals surface area contributed by atoms with Crippen LogP contribution in [0.25, 0.3) is 0 Å². The van der Waals surface area contributed by atoms with Crippen molar-refractivity contribution in [2.24, 2.45) is 0 Å². The van der Waals surface area contributed by atoms with Crippen LogP contribution in [0.1, 0.15) is 43.2 Å². The Morgan fingerprint density at radius 3 is 2.65 bits per heavy atom. The fraction of sp³-hybridized carbons (Fsp3) is 0.429. The Morgan fingerprint density at radius 1 is 1.15 bits per heavy atom. The van der Waals surface area contributed by atoms with Gasteiger partial charge in [-0.2, -0.15) is 0 Å². The van der Waals surface area contributed by atoms with Gasteiger partial charge in [0.15, 0.2) is 11.5 Å². The molecule has 0 aliphatic heterocycles. The summed E-state index contributed by atoms with van der Waals surface area (Å²) in [7, 11) is 1.62. The van der Waals surface area contributed by atoms with E-state index in [9.17, 15) is 4.39 Å². The average molecular weight is 422 g/mol. The first-order valence-electron chi connectivity index (χ1n) is 9.13. The summed E-state index contributed by atoms with van der Waals surface area (Å²) < 4.78 is 25.9. The van der Waals surface area contributed by atoms with Crippen LogP contribution in [0.3, 0.4) is 0 Å². The van der Waals surface area contributed by atoms with E-state index in [1.807, 2.05) is 12.1 Å². The second kappa shape index (κ2) is 9.38. The van der Waals surface area contributed by atoms with Gasteiger partial charge in [-0.25, -0.2) is 4.39 Å². The maximum Gasteiger partial charge on any atom is 0.175 e. The zero-order chi connectivity index (χ0) is 18.4. The molecule has 0 spiro atoms. The smallest absolute Gasteiger partial charge is 0.175 e. The van der Waals surface area contributed by atoms with E-state index in [0.29, 0.717) is 23.1 Å². The molecule has 0 radical (unpaired) electrons. The molecule has 2 aromatic carbocycles. The molecule has 1 aliphatic carbocycles. The number of halogens is 2. The molecule has 26 heavy (non-hydrogen) atoms. The zero-order valence-electron chi connectivity index (χ0n) is 15.1. The van der Waals surface area contributed by atoms with Gasteiger partial charge in [-0.3, -0.25) is 0 Å². The second-order valence-corrected chi connectivity index (χ2v) is 7.56. The number of methoxy groups -OCH3 is 1. The normalized spacial score (nSPS) is 15.0. The Kier molecular flexibility index (Phi) is 6.92. The number of rotatable bonds is 7. The fourth-order valence-electron chi connectivity index (χ4n) is 3.35. The molecular weight excluding hydrogens is 397 g/mol. The Balaban J connectivity index is 1.67. The van der Waals surface area contributed by atoms with Gasteiger partial charge in [0.2, 0.25) is 0 Å². The first kappa shape index (κ1) is 19.2.